The fourth-order valence-electron chi connectivity index (χ4n) is 4.69. The number of fused-ring (bicyclic) bond motifs is 1. The van der Waals surface area contributed by atoms with Gasteiger partial charge in [-0.1, -0.05) is 59.6 Å². The molecule has 3 aromatic rings. The minimum absolute atomic E-state index is 0.0841. The van der Waals surface area contributed by atoms with E-state index in [9.17, 15) is 29.4 Å². The van der Waals surface area contributed by atoms with Crippen molar-refractivity contribution in [1.29, 1.82) is 0 Å². The molecule has 5 atom stereocenters. The van der Waals surface area contributed by atoms with Crippen molar-refractivity contribution in [2.24, 2.45) is 17.8 Å². The third-order valence-electron chi connectivity index (χ3n) is 6.91. The number of esters is 1. The van der Waals surface area contributed by atoms with Crippen molar-refractivity contribution in [3.8, 4) is 0 Å². The summed E-state index contributed by atoms with van der Waals surface area (Å²) in [6.07, 6.45) is -0.754. The third kappa shape index (κ3) is 5.92. The van der Waals surface area contributed by atoms with Crippen LogP contribution in [0.5, 0.6) is 0 Å². The molecule has 3 aromatic carbocycles. The van der Waals surface area contributed by atoms with Crippen molar-refractivity contribution in [2.75, 3.05) is 0 Å². The average molecular weight is 558 g/mol. The summed E-state index contributed by atoms with van der Waals surface area (Å²) in [4.78, 5) is 49.0. The number of hydrogen-bond donors (Lipinski definition) is 3. The van der Waals surface area contributed by atoms with Crippen molar-refractivity contribution in [2.45, 2.75) is 31.9 Å². The van der Waals surface area contributed by atoms with Crippen LogP contribution in [0.4, 0.5) is 0 Å². The Morgan fingerprint density at radius 1 is 0.921 bits per heavy atom. The van der Waals surface area contributed by atoms with E-state index < -0.39 is 53.7 Å². The van der Waals surface area contributed by atoms with Crippen LogP contribution in [-0.2, 0) is 25.5 Å². The van der Waals surface area contributed by atoms with Crippen LogP contribution < -0.4 is 5.32 Å². The standard InChI is InChI=1S/C28H25Cl2NO7/c1-14(31-25(32)19-13-20(26(33)34)24(19)27(35)36)23(11-15-6-9-21(29)22(30)10-15)38-28(37)18-8-7-16-4-2-3-5-17(16)12-18/h2-10,12,14,19-20,23-24H,11,13H2,1H3,(H,31,32)(H,33,34)(H,35,36)/t14-,19?,20?,23?,24?/m1/s1. The topological polar surface area (TPSA) is 130 Å². The van der Waals surface area contributed by atoms with Crippen LogP contribution in [0.3, 0.4) is 0 Å². The summed E-state index contributed by atoms with van der Waals surface area (Å²) in [6.45, 7) is 1.64. The molecule has 1 fully saturated rings. The van der Waals surface area contributed by atoms with E-state index in [4.69, 9.17) is 27.9 Å². The molecule has 0 heterocycles. The predicted molar refractivity (Wildman–Crippen MR) is 141 cm³/mol. The first kappa shape index (κ1) is 27.4. The number of carboxylic acids is 2. The molecule has 0 saturated heterocycles. The number of rotatable bonds is 9. The molecule has 4 unspecified atom stereocenters. The summed E-state index contributed by atoms with van der Waals surface area (Å²) in [6, 6.07) is 17.0. The minimum Gasteiger partial charge on any atom is -0.481 e. The Labute approximate surface area is 228 Å². The first-order chi connectivity index (χ1) is 18.0. The van der Waals surface area contributed by atoms with E-state index >= 15 is 0 Å². The van der Waals surface area contributed by atoms with E-state index in [0.29, 0.717) is 21.2 Å². The smallest absolute Gasteiger partial charge is 0.338 e. The van der Waals surface area contributed by atoms with Gasteiger partial charge >= 0.3 is 17.9 Å². The first-order valence-electron chi connectivity index (χ1n) is 11.9. The number of carboxylic acid groups (broad SMARTS) is 2. The van der Waals surface area contributed by atoms with Crippen LogP contribution in [0.2, 0.25) is 10.0 Å². The molecule has 0 aliphatic heterocycles. The Bertz CT molecular complexity index is 1410. The van der Waals surface area contributed by atoms with E-state index in [1.807, 2.05) is 30.3 Å². The highest BCUT2D eigenvalue weighted by molar-refractivity contribution is 6.42. The first-order valence-corrected chi connectivity index (χ1v) is 12.7. The van der Waals surface area contributed by atoms with Gasteiger partial charge in [0.15, 0.2) is 0 Å². The SMILES string of the molecule is C[C@@H](NC(=O)C1CC(C(=O)O)C1C(=O)O)C(Cc1ccc(Cl)c(Cl)c1)OC(=O)c1ccc2ccccc2c1. The predicted octanol–water partition coefficient (Wildman–Crippen LogP) is 4.84. The minimum atomic E-state index is -1.34. The van der Waals surface area contributed by atoms with E-state index in [-0.39, 0.29) is 12.8 Å². The van der Waals surface area contributed by atoms with Gasteiger partial charge in [0.05, 0.1) is 39.4 Å². The van der Waals surface area contributed by atoms with Crippen LogP contribution in [0, 0.1) is 17.8 Å². The number of aliphatic carboxylic acids is 2. The quantitative estimate of drug-likeness (QED) is 0.321. The maximum Gasteiger partial charge on any atom is 0.338 e. The van der Waals surface area contributed by atoms with Gasteiger partial charge in [0.25, 0.3) is 0 Å². The lowest BCUT2D eigenvalue weighted by Crippen LogP contribution is -2.55. The van der Waals surface area contributed by atoms with Gasteiger partial charge in [0, 0.05) is 6.42 Å². The molecule has 1 aliphatic carbocycles. The molecule has 10 heteroatoms. The van der Waals surface area contributed by atoms with Crippen molar-refractivity contribution < 1.29 is 34.1 Å². The molecule has 1 aliphatic rings. The number of hydrogen-bond acceptors (Lipinski definition) is 5. The molecule has 1 saturated carbocycles. The Hall–Kier alpha value is -3.62. The second-order valence-corrected chi connectivity index (χ2v) is 10.2. The summed E-state index contributed by atoms with van der Waals surface area (Å²) >= 11 is 12.2. The zero-order valence-electron chi connectivity index (χ0n) is 20.3. The van der Waals surface area contributed by atoms with E-state index in [2.05, 4.69) is 5.32 Å². The van der Waals surface area contributed by atoms with Crippen molar-refractivity contribution in [3.05, 3.63) is 81.8 Å². The fourth-order valence-corrected chi connectivity index (χ4v) is 5.01. The summed E-state index contributed by atoms with van der Waals surface area (Å²) in [5.74, 6) is -7.26. The molecule has 0 spiro atoms. The number of nitrogens with one attached hydrogen (secondary N) is 1. The van der Waals surface area contributed by atoms with Gasteiger partial charge in [0.2, 0.25) is 5.91 Å². The van der Waals surface area contributed by atoms with Crippen molar-refractivity contribution in [3.63, 3.8) is 0 Å². The molecule has 3 N–H and O–H groups in total. The number of halogens is 2. The largest absolute Gasteiger partial charge is 0.481 e. The van der Waals surface area contributed by atoms with Gasteiger partial charge in [-0.3, -0.25) is 14.4 Å². The maximum absolute atomic E-state index is 13.1. The van der Waals surface area contributed by atoms with Gasteiger partial charge in [-0.2, -0.15) is 0 Å². The highest BCUT2D eigenvalue weighted by Gasteiger charge is 2.53. The lowest BCUT2D eigenvalue weighted by atomic mass is 9.64. The molecule has 0 aromatic heterocycles. The van der Waals surface area contributed by atoms with Crippen LogP contribution in [0.15, 0.2) is 60.7 Å². The second kappa shape index (κ2) is 11.4. The highest BCUT2D eigenvalue weighted by atomic mass is 35.5. The number of benzene rings is 3. The van der Waals surface area contributed by atoms with Gasteiger partial charge in [0.1, 0.15) is 6.10 Å². The summed E-state index contributed by atoms with van der Waals surface area (Å²) < 4.78 is 5.85. The molecule has 4 rings (SSSR count). The summed E-state index contributed by atoms with van der Waals surface area (Å²) in [7, 11) is 0. The highest BCUT2D eigenvalue weighted by Crippen LogP contribution is 2.41. The number of amides is 1. The van der Waals surface area contributed by atoms with E-state index in [1.54, 1.807) is 37.3 Å². The molecular weight excluding hydrogens is 533 g/mol. The Morgan fingerprint density at radius 3 is 2.29 bits per heavy atom. The van der Waals surface area contributed by atoms with E-state index in [0.717, 1.165) is 10.8 Å². The zero-order chi connectivity index (χ0) is 27.6. The Morgan fingerprint density at radius 2 is 1.63 bits per heavy atom. The van der Waals surface area contributed by atoms with Gasteiger partial charge in [-0.15, -0.1) is 0 Å². The van der Waals surface area contributed by atoms with Crippen molar-refractivity contribution in [1.82, 2.24) is 5.32 Å². The molecule has 38 heavy (non-hydrogen) atoms. The maximum atomic E-state index is 13.1. The van der Waals surface area contributed by atoms with Crippen LogP contribution in [-0.4, -0.2) is 46.2 Å². The summed E-state index contributed by atoms with van der Waals surface area (Å²) in [5, 5.41) is 23.9. The lowest BCUT2D eigenvalue weighted by molar-refractivity contribution is -0.169. The van der Waals surface area contributed by atoms with Crippen LogP contribution in [0.1, 0.15) is 29.3 Å². The monoisotopic (exact) mass is 557 g/mol. The number of carbonyl (C=O) groups is 4. The molecule has 0 bridgehead atoms. The van der Waals surface area contributed by atoms with Gasteiger partial charge in [-0.05, 0) is 53.9 Å². The normalized spacial score (nSPS) is 20.1. The number of ether oxygens (including phenoxy) is 1. The molecule has 0 radical (unpaired) electrons. The average Bonchev–Trinajstić information content (AvgIpc) is 2.84. The molecule has 1 amide bonds. The lowest BCUT2D eigenvalue weighted by Gasteiger charge is -2.39. The summed E-state index contributed by atoms with van der Waals surface area (Å²) in [5.41, 5.74) is 1.03. The molecule has 8 nitrogen and oxygen atoms in total. The fraction of sp³-hybridized carbons (Fsp3) is 0.286. The molecular formula is C28H25Cl2NO7. The van der Waals surface area contributed by atoms with Crippen molar-refractivity contribution >= 4 is 57.8 Å². The Balaban J connectivity index is 1.54. The van der Waals surface area contributed by atoms with Crippen LogP contribution in [0.25, 0.3) is 10.8 Å². The van der Waals surface area contributed by atoms with Gasteiger partial charge < -0.3 is 20.3 Å². The molecule has 198 valence electrons. The Kier molecular flexibility index (Phi) is 8.23. The third-order valence-corrected chi connectivity index (χ3v) is 7.65. The van der Waals surface area contributed by atoms with E-state index in [1.165, 1.54) is 0 Å². The zero-order valence-corrected chi connectivity index (χ0v) is 21.8. The van der Waals surface area contributed by atoms with Crippen LogP contribution >= 0.6 is 23.2 Å². The van der Waals surface area contributed by atoms with Gasteiger partial charge in [-0.25, -0.2) is 4.79 Å². The number of carbonyl (C=O) groups excluding carboxylic acids is 2. The second-order valence-electron chi connectivity index (χ2n) is 9.41.